The van der Waals surface area contributed by atoms with E-state index < -0.39 is 0 Å². The molecule has 1 saturated heterocycles. The Bertz CT molecular complexity index is 749. The Kier molecular flexibility index (Phi) is 5.22. The lowest BCUT2D eigenvalue weighted by Crippen LogP contribution is -2.31. The van der Waals surface area contributed by atoms with Gasteiger partial charge in [0.25, 0.3) is 5.91 Å². The van der Waals surface area contributed by atoms with Gasteiger partial charge in [-0.3, -0.25) is 14.2 Å². The number of likely N-dealkylation sites (tertiary alicyclic amines) is 1. The van der Waals surface area contributed by atoms with Crippen LogP contribution in [0.25, 0.3) is 0 Å². The molecule has 0 saturated carbocycles. The number of aromatic nitrogens is 4. The Morgan fingerprint density at radius 1 is 1.24 bits per heavy atom. The Hall–Kier alpha value is -2.15. The summed E-state index contributed by atoms with van der Waals surface area (Å²) in [6.45, 7) is 11.2. The number of carbonyl (C=O) groups excluding carboxylic acids is 1. The molecule has 0 bridgehead atoms. The highest BCUT2D eigenvalue weighted by Crippen LogP contribution is 2.24. The quantitative estimate of drug-likeness (QED) is 0.752. The molecule has 0 aliphatic carbocycles. The van der Waals surface area contributed by atoms with Crippen LogP contribution in [-0.4, -0.2) is 56.7 Å². The van der Waals surface area contributed by atoms with Crippen molar-refractivity contribution >= 4 is 5.91 Å². The van der Waals surface area contributed by atoms with E-state index in [9.17, 15) is 4.79 Å². The van der Waals surface area contributed by atoms with Gasteiger partial charge in [0.2, 0.25) is 0 Å². The van der Waals surface area contributed by atoms with Gasteiger partial charge in [0.05, 0.1) is 30.6 Å². The highest BCUT2D eigenvalue weighted by Gasteiger charge is 2.31. The fourth-order valence-electron chi connectivity index (χ4n) is 3.49. The summed E-state index contributed by atoms with van der Waals surface area (Å²) in [4.78, 5) is 14.9. The van der Waals surface area contributed by atoms with Crippen molar-refractivity contribution in [2.24, 2.45) is 0 Å². The maximum atomic E-state index is 13.0. The van der Waals surface area contributed by atoms with Crippen molar-refractivity contribution in [1.82, 2.24) is 24.5 Å². The molecule has 0 N–H and O–H groups in total. The summed E-state index contributed by atoms with van der Waals surface area (Å²) in [6, 6.07) is 4.19. The van der Waals surface area contributed by atoms with Crippen molar-refractivity contribution in [3.8, 4) is 0 Å². The first kappa shape index (κ1) is 17.7. The minimum absolute atomic E-state index is 0.0427. The lowest BCUT2D eigenvalue weighted by atomic mass is 10.2. The fraction of sp³-hybridized carbons (Fsp3) is 0.611. The van der Waals surface area contributed by atoms with Crippen molar-refractivity contribution < 1.29 is 9.53 Å². The third-order valence-corrected chi connectivity index (χ3v) is 4.61. The molecule has 2 aromatic heterocycles. The van der Waals surface area contributed by atoms with E-state index in [1.54, 1.807) is 4.68 Å². The summed E-state index contributed by atoms with van der Waals surface area (Å²) in [5.41, 5.74) is 3.67. The largest absolute Gasteiger partial charge is 0.380 e. The molecule has 1 aliphatic rings. The summed E-state index contributed by atoms with van der Waals surface area (Å²) >= 11 is 0. The van der Waals surface area contributed by atoms with Crippen LogP contribution in [0.3, 0.4) is 0 Å². The Labute approximate surface area is 148 Å². The third kappa shape index (κ3) is 3.76. The molecule has 1 unspecified atom stereocenters. The molecule has 7 nitrogen and oxygen atoms in total. The van der Waals surface area contributed by atoms with Crippen LogP contribution in [-0.2, 0) is 11.3 Å². The van der Waals surface area contributed by atoms with E-state index in [1.165, 1.54) is 0 Å². The molecule has 136 valence electrons. The van der Waals surface area contributed by atoms with Gasteiger partial charge >= 0.3 is 0 Å². The molecule has 0 aromatic carbocycles. The van der Waals surface area contributed by atoms with E-state index in [1.807, 2.05) is 31.7 Å². The normalized spacial score (nSPS) is 17.4. The maximum Gasteiger partial charge on any atom is 0.272 e. The molecule has 0 radical (unpaired) electrons. The molecular formula is C18H27N5O2. The molecule has 2 aromatic rings. The molecule has 3 rings (SSSR count). The Morgan fingerprint density at radius 2 is 2.00 bits per heavy atom. The van der Waals surface area contributed by atoms with Crippen LogP contribution in [0, 0.1) is 20.8 Å². The average molecular weight is 345 g/mol. The number of carbonyl (C=O) groups is 1. The second-order valence-corrected chi connectivity index (χ2v) is 6.66. The zero-order valence-corrected chi connectivity index (χ0v) is 15.5. The number of aryl methyl sites for hydroxylation is 3. The molecule has 0 spiro atoms. The van der Waals surface area contributed by atoms with Crippen LogP contribution in [0.4, 0.5) is 0 Å². The summed E-state index contributed by atoms with van der Waals surface area (Å²) in [7, 11) is 0. The minimum atomic E-state index is 0.0427. The first-order chi connectivity index (χ1) is 12.0. The lowest BCUT2D eigenvalue weighted by Gasteiger charge is -2.18. The van der Waals surface area contributed by atoms with Gasteiger partial charge in [0, 0.05) is 25.4 Å². The smallest absolute Gasteiger partial charge is 0.272 e. The van der Waals surface area contributed by atoms with Crippen molar-refractivity contribution in [3.63, 3.8) is 0 Å². The number of nitrogens with zero attached hydrogens (tertiary/aromatic N) is 5. The van der Waals surface area contributed by atoms with Crippen molar-refractivity contribution in [3.05, 3.63) is 34.9 Å². The van der Waals surface area contributed by atoms with Crippen molar-refractivity contribution in [2.45, 2.75) is 46.7 Å². The molecular weight excluding hydrogens is 318 g/mol. The topological polar surface area (TPSA) is 65.2 Å². The predicted molar refractivity (Wildman–Crippen MR) is 94.7 cm³/mol. The summed E-state index contributed by atoms with van der Waals surface area (Å²) < 4.78 is 9.22. The molecule has 25 heavy (non-hydrogen) atoms. The number of hydrogen-bond acceptors (Lipinski definition) is 4. The molecule has 1 aliphatic heterocycles. The van der Waals surface area contributed by atoms with E-state index >= 15 is 0 Å². The Morgan fingerprint density at radius 3 is 2.68 bits per heavy atom. The van der Waals surface area contributed by atoms with Crippen LogP contribution in [0.1, 0.15) is 47.0 Å². The Balaban J connectivity index is 1.71. The van der Waals surface area contributed by atoms with Gasteiger partial charge in [-0.1, -0.05) is 0 Å². The van der Waals surface area contributed by atoms with Gasteiger partial charge in [-0.15, -0.1) is 0 Å². The van der Waals surface area contributed by atoms with Crippen molar-refractivity contribution in [1.29, 1.82) is 0 Å². The molecule has 1 fully saturated rings. The zero-order valence-electron chi connectivity index (χ0n) is 15.5. The van der Waals surface area contributed by atoms with Gasteiger partial charge < -0.3 is 9.64 Å². The van der Waals surface area contributed by atoms with E-state index in [0.29, 0.717) is 32.0 Å². The molecule has 3 heterocycles. The second-order valence-electron chi connectivity index (χ2n) is 6.66. The van der Waals surface area contributed by atoms with E-state index in [4.69, 9.17) is 4.74 Å². The number of amides is 1. The molecule has 7 heteroatoms. The van der Waals surface area contributed by atoms with Crippen LogP contribution in [0.2, 0.25) is 0 Å². The predicted octanol–water partition coefficient (Wildman–Crippen LogP) is 2.13. The second kappa shape index (κ2) is 7.39. The van der Waals surface area contributed by atoms with Gasteiger partial charge in [0.1, 0.15) is 5.69 Å². The van der Waals surface area contributed by atoms with E-state index in [-0.39, 0.29) is 11.9 Å². The number of ether oxygens (including phenoxy) is 1. The standard InChI is InChI=1S/C18H27N5O2/c1-5-25-9-8-22-17(11-14(3)19-22)18(24)21-7-6-16(12-21)23-15(4)10-13(2)20-23/h10-11,16H,5-9,12H2,1-4H3. The van der Waals surface area contributed by atoms with Gasteiger partial charge in [-0.25, -0.2) is 0 Å². The van der Waals surface area contributed by atoms with E-state index in [0.717, 1.165) is 30.0 Å². The van der Waals surface area contributed by atoms with E-state index in [2.05, 4.69) is 27.9 Å². The van der Waals surface area contributed by atoms with Crippen LogP contribution < -0.4 is 0 Å². The SMILES string of the molecule is CCOCCn1nc(C)cc1C(=O)N1CCC(n2nc(C)cc2C)C1. The average Bonchev–Trinajstić information content (AvgIpc) is 3.26. The molecule has 1 atom stereocenters. The third-order valence-electron chi connectivity index (χ3n) is 4.61. The van der Waals surface area contributed by atoms with Gasteiger partial charge in [0.15, 0.2) is 0 Å². The highest BCUT2D eigenvalue weighted by molar-refractivity contribution is 5.93. The summed E-state index contributed by atoms with van der Waals surface area (Å²) in [5, 5.41) is 9.02. The minimum Gasteiger partial charge on any atom is -0.380 e. The number of rotatable bonds is 6. The van der Waals surface area contributed by atoms with Crippen LogP contribution >= 0.6 is 0 Å². The van der Waals surface area contributed by atoms with Crippen LogP contribution in [0.5, 0.6) is 0 Å². The summed E-state index contributed by atoms with van der Waals surface area (Å²) in [5.74, 6) is 0.0427. The highest BCUT2D eigenvalue weighted by atomic mass is 16.5. The van der Waals surface area contributed by atoms with Crippen molar-refractivity contribution in [2.75, 3.05) is 26.3 Å². The zero-order chi connectivity index (χ0) is 18.0. The molecule has 1 amide bonds. The summed E-state index contributed by atoms with van der Waals surface area (Å²) in [6.07, 6.45) is 0.930. The lowest BCUT2D eigenvalue weighted by molar-refractivity contribution is 0.0768. The number of hydrogen-bond donors (Lipinski definition) is 0. The fourth-order valence-corrected chi connectivity index (χ4v) is 3.49. The van der Waals surface area contributed by atoms with Gasteiger partial charge in [-0.05, 0) is 46.2 Å². The monoisotopic (exact) mass is 345 g/mol. The van der Waals surface area contributed by atoms with Gasteiger partial charge in [-0.2, -0.15) is 10.2 Å². The maximum absolute atomic E-state index is 13.0. The first-order valence-electron chi connectivity index (χ1n) is 8.93. The van der Waals surface area contributed by atoms with Crippen LogP contribution in [0.15, 0.2) is 12.1 Å². The first-order valence-corrected chi connectivity index (χ1v) is 8.93.